The number of benzene rings is 1. The Morgan fingerprint density at radius 2 is 1.89 bits per heavy atom. The Balaban J connectivity index is 1.65. The van der Waals surface area contributed by atoms with Gasteiger partial charge < -0.3 is 20.6 Å². The molecule has 198 valence electrons. The van der Waals surface area contributed by atoms with Crippen molar-refractivity contribution in [3.63, 3.8) is 0 Å². The van der Waals surface area contributed by atoms with Gasteiger partial charge in [-0.3, -0.25) is 14.4 Å². The fraction of sp³-hybridized carbons (Fsp3) is 0.679. The summed E-state index contributed by atoms with van der Waals surface area (Å²) in [6.07, 6.45) is 3.78. The summed E-state index contributed by atoms with van der Waals surface area (Å²) >= 11 is 1.68. The molecule has 4 rings (SSSR count). The highest BCUT2D eigenvalue weighted by Gasteiger charge is 2.76. The summed E-state index contributed by atoms with van der Waals surface area (Å²) in [6, 6.07) is 8.60. The molecular weight excluding hydrogens is 474 g/mol. The van der Waals surface area contributed by atoms with Gasteiger partial charge in [-0.15, -0.1) is 11.8 Å². The number of aliphatic hydroxyl groups is 1. The number of amides is 3. The zero-order valence-electron chi connectivity index (χ0n) is 21.9. The third-order valence-electron chi connectivity index (χ3n) is 8.44. The molecule has 1 aromatic rings. The molecule has 3 aliphatic rings. The quantitative estimate of drug-likeness (QED) is 0.394. The third kappa shape index (κ3) is 4.55. The first-order valence-electron chi connectivity index (χ1n) is 13.5. The molecule has 36 heavy (non-hydrogen) atoms. The minimum Gasteiger partial charge on any atom is -0.394 e. The molecule has 3 heterocycles. The van der Waals surface area contributed by atoms with Gasteiger partial charge in [-0.05, 0) is 30.2 Å². The van der Waals surface area contributed by atoms with E-state index < -0.39 is 28.7 Å². The molecule has 3 saturated heterocycles. The van der Waals surface area contributed by atoms with Crippen molar-refractivity contribution >= 4 is 29.5 Å². The van der Waals surface area contributed by atoms with Crippen LogP contribution in [0.5, 0.6) is 0 Å². The number of carbonyl (C=O) groups is 3. The van der Waals surface area contributed by atoms with Crippen LogP contribution in [0.25, 0.3) is 0 Å². The van der Waals surface area contributed by atoms with Crippen LogP contribution >= 0.6 is 11.8 Å². The van der Waals surface area contributed by atoms with Crippen molar-refractivity contribution in [1.29, 1.82) is 0 Å². The summed E-state index contributed by atoms with van der Waals surface area (Å²) in [6.45, 7) is 8.95. The Labute approximate surface area is 219 Å². The van der Waals surface area contributed by atoms with Crippen molar-refractivity contribution in [3.05, 3.63) is 35.9 Å². The second-order valence-corrected chi connectivity index (χ2v) is 12.5. The molecule has 3 unspecified atom stereocenters. The maximum absolute atomic E-state index is 14.1. The second-order valence-electron chi connectivity index (χ2n) is 11.0. The lowest BCUT2D eigenvalue weighted by molar-refractivity contribution is -0.143. The van der Waals surface area contributed by atoms with Crippen molar-refractivity contribution in [2.75, 3.05) is 13.2 Å². The maximum atomic E-state index is 14.1. The number of likely N-dealkylation sites (tertiary alicyclic amines) is 1. The minimum absolute atomic E-state index is 0.00823. The molecule has 1 spiro atoms. The number of unbranched alkanes of at least 4 members (excludes halogenated alkanes) is 2. The van der Waals surface area contributed by atoms with Crippen LogP contribution in [-0.4, -0.2) is 63.0 Å². The van der Waals surface area contributed by atoms with E-state index in [1.165, 1.54) is 0 Å². The van der Waals surface area contributed by atoms with Crippen LogP contribution in [0.15, 0.2) is 30.3 Å². The van der Waals surface area contributed by atoms with E-state index in [1.807, 2.05) is 44.2 Å². The van der Waals surface area contributed by atoms with Crippen LogP contribution in [0.4, 0.5) is 0 Å². The molecular formula is C28H41N3O4S. The van der Waals surface area contributed by atoms with Gasteiger partial charge in [0.15, 0.2) is 0 Å². The smallest absolute Gasteiger partial charge is 0.244 e. The summed E-state index contributed by atoms with van der Waals surface area (Å²) in [7, 11) is 0. The standard InChI is InChI=1S/C28H41N3O4S/c1-5-6-10-13-29-26(34)24-28-18(4)14-21(36-28)22(25(33)30-15-19-11-8-7-9-12-19)23(28)27(35)31(24)20(16-32)17(2)3/h7-9,11-12,17-18,20-24,32H,5-6,10,13-16H2,1-4H3,(H,29,34)(H,30,33)/t18?,20-,21+,22-,23-,24?,28?/m0/s1. The number of aliphatic hydroxyl groups excluding tert-OH is 1. The molecule has 0 aromatic heterocycles. The molecule has 0 aliphatic carbocycles. The van der Waals surface area contributed by atoms with Gasteiger partial charge in [0.25, 0.3) is 0 Å². The summed E-state index contributed by atoms with van der Waals surface area (Å²) in [5.74, 6) is -1.36. The molecule has 3 amide bonds. The molecule has 7 nitrogen and oxygen atoms in total. The van der Waals surface area contributed by atoms with Gasteiger partial charge >= 0.3 is 0 Å². The molecule has 3 N–H and O–H groups in total. The first-order chi connectivity index (χ1) is 17.3. The number of thioether (sulfide) groups is 1. The van der Waals surface area contributed by atoms with E-state index in [9.17, 15) is 19.5 Å². The van der Waals surface area contributed by atoms with Gasteiger partial charge in [-0.1, -0.05) is 70.9 Å². The highest BCUT2D eigenvalue weighted by atomic mass is 32.2. The van der Waals surface area contributed by atoms with E-state index in [1.54, 1.807) is 16.7 Å². The van der Waals surface area contributed by atoms with Gasteiger partial charge in [0.1, 0.15) is 6.04 Å². The highest BCUT2D eigenvalue weighted by molar-refractivity contribution is 8.02. The van der Waals surface area contributed by atoms with Crippen LogP contribution < -0.4 is 10.6 Å². The monoisotopic (exact) mass is 515 g/mol. The summed E-state index contributed by atoms with van der Waals surface area (Å²) < 4.78 is -0.659. The Morgan fingerprint density at radius 1 is 1.17 bits per heavy atom. The largest absolute Gasteiger partial charge is 0.394 e. The fourth-order valence-corrected chi connectivity index (χ4v) is 9.03. The number of rotatable bonds is 11. The molecule has 3 fully saturated rings. The van der Waals surface area contributed by atoms with Crippen molar-refractivity contribution in [1.82, 2.24) is 15.5 Å². The number of nitrogens with one attached hydrogen (secondary N) is 2. The van der Waals surface area contributed by atoms with E-state index in [2.05, 4.69) is 24.5 Å². The molecule has 7 atom stereocenters. The highest BCUT2D eigenvalue weighted by Crippen LogP contribution is 2.68. The van der Waals surface area contributed by atoms with Gasteiger partial charge in [0.05, 0.1) is 29.2 Å². The van der Waals surface area contributed by atoms with Crippen LogP contribution in [-0.2, 0) is 20.9 Å². The van der Waals surface area contributed by atoms with Gasteiger partial charge in [-0.25, -0.2) is 0 Å². The average Bonchev–Trinajstić information content (AvgIpc) is 3.45. The number of nitrogens with zero attached hydrogens (tertiary/aromatic N) is 1. The summed E-state index contributed by atoms with van der Waals surface area (Å²) in [5, 5.41) is 16.5. The molecule has 2 bridgehead atoms. The van der Waals surface area contributed by atoms with Crippen LogP contribution in [0.3, 0.4) is 0 Å². The molecule has 3 aliphatic heterocycles. The summed E-state index contributed by atoms with van der Waals surface area (Å²) in [5.41, 5.74) is 1.01. The SMILES string of the molecule is CCCCCNC(=O)C1N([C@@H](CO)C(C)C)C(=O)[C@@H]2[C@@H](C(=O)NCc3ccccc3)[C@H]3CC(C)C12S3. The average molecular weight is 516 g/mol. The third-order valence-corrected chi connectivity index (χ3v) is 10.5. The first-order valence-corrected chi connectivity index (χ1v) is 14.4. The number of hydrogen-bond donors (Lipinski definition) is 3. The lowest BCUT2D eigenvalue weighted by Crippen LogP contribution is -2.59. The van der Waals surface area contributed by atoms with Crippen LogP contribution in [0.1, 0.15) is 58.9 Å². The van der Waals surface area contributed by atoms with E-state index in [0.29, 0.717) is 13.1 Å². The Morgan fingerprint density at radius 3 is 2.53 bits per heavy atom. The van der Waals surface area contributed by atoms with Crippen molar-refractivity contribution < 1.29 is 19.5 Å². The molecule has 0 saturated carbocycles. The lowest BCUT2D eigenvalue weighted by Gasteiger charge is -2.40. The zero-order valence-corrected chi connectivity index (χ0v) is 22.7. The van der Waals surface area contributed by atoms with E-state index in [-0.39, 0.29) is 41.4 Å². The zero-order chi connectivity index (χ0) is 26.0. The normalized spacial score (nSPS) is 31.6. The van der Waals surface area contributed by atoms with Gasteiger partial charge in [0, 0.05) is 18.3 Å². The predicted molar refractivity (Wildman–Crippen MR) is 142 cm³/mol. The minimum atomic E-state index is -0.687. The van der Waals surface area contributed by atoms with Crippen molar-refractivity contribution in [2.24, 2.45) is 23.7 Å². The fourth-order valence-electron chi connectivity index (χ4n) is 6.62. The predicted octanol–water partition coefficient (Wildman–Crippen LogP) is 2.96. The van der Waals surface area contributed by atoms with Crippen molar-refractivity contribution in [2.45, 2.75) is 82.0 Å². The van der Waals surface area contributed by atoms with E-state index in [0.717, 1.165) is 31.2 Å². The Kier molecular flexibility index (Phi) is 8.35. The first kappa shape index (κ1) is 27.0. The molecule has 0 radical (unpaired) electrons. The Bertz CT molecular complexity index is 957. The molecule has 8 heteroatoms. The maximum Gasteiger partial charge on any atom is 0.244 e. The van der Waals surface area contributed by atoms with Gasteiger partial charge in [0.2, 0.25) is 17.7 Å². The number of carbonyl (C=O) groups excluding carboxylic acids is 3. The number of hydrogen-bond acceptors (Lipinski definition) is 5. The lowest BCUT2D eigenvalue weighted by atomic mass is 9.66. The van der Waals surface area contributed by atoms with E-state index in [4.69, 9.17) is 0 Å². The second kappa shape index (κ2) is 11.1. The molecule has 1 aromatic carbocycles. The van der Waals surface area contributed by atoms with E-state index >= 15 is 0 Å². The van der Waals surface area contributed by atoms with Crippen molar-refractivity contribution in [3.8, 4) is 0 Å². The topological polar surface area (TPSA) is 98.7 Å². The number of fused-ring (bicyclic) bond motifs is 1. The Hall–Kier alpha value is -2.06. The van der Waals surface area contributed by atoms with Crippen LogP contribution in [0, 0.1) is 23.7 Å². The van der Waals surface area contributed by atoms with Gasteiger partial charge in [-0.2, -0.15) is 0 Å². The summed E-state index contributed by atoms with van der Waals surface area (Å²) in [4.78, 5) is 43.1. The van der Waals surface area contributed by atoms with Crippen LogP contribution in [0.2, 0.25) is 0 Å².